The molecule has 59 heavy (non-hydrogen) atoms. The number of phosphoric acid groups is 1. The number of aliphatic hydroxyl groups excluding tert-OH is 5. The Morgan fingerprint density at radius 2 is 0.881 bits per heavy atom. The SMILES string of the molecule is CCCCCCCC/C=C/CCCCCCCC(=O)OCC(COP(=O)([O-])OC1C(O)C(O)C(O)C(O)C1O)OC(=O)CCCCCCC/C=C/CCCCCCCC. The summed E-state index contributed by atoms with van der Waals surface area (Å²) in [7, 11) is -5.37. The molecule has 1 rings (SSSR count). The molecular weight excluding hydrogens is 779 g/mol. The van der Waals surface area contributed by atoms with Gasteiger partial charge in [0.25, 0.3) is 7.82 Å². The van der Waals surface area contributed by atoms with Crippen molar-refractivity contribution in [2.24, 2.45) is 0 Å². The van der Waals surface area contributed by atoms with Gasteiger partial charge in [-0.2, -0.15) is 0 Å². The first kappa shape index (κ1) is 55.3. The van der Waals surface area contributed by atoms with Crippen LogP contribution in [0.5, 0.6) is 0 Å². The summed E-state index contributed by atoms with van der Waals surface area (Å²) < 4.78 is 33.1. The lowest BCUT2D eigenvalue weighted by molar-refractivity contribution is -0.261. The smallest absolute Gasteiger partial charge is 0.306 e. The maximum Gasteiger partial charge on any atom is 0.306 e. The van der Waals surface area contributed by atoms with E-state index in [0.29, 0.717) is 12.8 Å². The van der Waals surface area contributed by atoms with Crippen molar-refractivity contribution in [3.63, 3.8) is 0 Å². The van der Waals surface area contributed by atoms with E-state index in [1.807, 2.05) is 0 Å². The zero-order valence-electron chi connectivity index (χ0n) is 36.5. The third kappa shape index (κ3) is 28.5. The fraction of sp³-hybridized carbons (Fsp3) is 0.867. The first-order valence-corrected chi connectivity index (χ1v) is 24.6. The van der Waals surface area contributed by atoms with E-state index in [4.69, 9.17) is 18.5 Å². The quantitative estimate of drug-likeness (QED) is 0.0172. The molecule has 1 aliphatic rings. The van der Waals surface area contributed by atoms with Gasteiger partial charge in [-0.25, -0.2) is 0 Å². The van der Waals surface area contributed by atoms with Crippen molar-refractivity contribution in [1.29, 1.82) is 0 Å². The van der Waals surface area contributed by atoms with Gasteiger partial charge in [-0.3, -0.25) is 14.2 Å². The van der Waals surface area contributed by atoms with Crippen LogP contribution in [-0.4, -0.2) is 93.4 Å². The van der Waals surface area contributed by atoms with Gasteiger partial charge in [0.05, 0.1) is 6.61 Å². The monoisotopic (exact) mass is 862 g/mol. The van der Waals surface area contributed by atoms with Crippen molar-refractivity contribution >= 4 is 19.8 Å². The molecule has 14 heteroatoms. The Morgan fingerprint density at radius 3 is 1.31 bits per heavy atom. The average Bonchev–Trinajstić information content (AvgIpc) is 3.21. The Kier molecular flexibility index (Phi) is 33.7. The predicted octanol–water partition coefficient (Wildman–Crippen LogP) is 8.20. The number of esters is 2. The molecule has 0 aromatic heterocycles. The van der Waals surface area contributed by atoms with E-state index < -0.39 is 75.7 Å². The maximum atomic E-state index is 12.7. The van der Waals surface area contributed by atoms with Gasteiger partial charge in [-0.15, -0.1) is 0 Å². The highest BCUT2D eigenvalue weighted by Crippen LogP contribution is 2.43. The molecule has 1 fully saturated rings. The van der Waals surface area contributed by atoms with Crippen LogP contribution in [0.2, 0.25) is 0 Å². The van der Waals surface area contributed by atoms with E-state index in [0.717, 1.165) is 77.0 Å². The molecule has 13 nitrogen and oxygen atoms in total. The molecule has 0 bridgehead atoms. The van der Waals surface area contributed by atoms with Crippen molar-refractivity contribution < 1.29 is 63.1 Å². The lowest BCUT2D eigenvalue weighted by Gasteiger charge is -2.43. The Labute approximate surface area is 356 Å². The number of ether oxygens (including phenoxy) is 2. The van der Waals surface area contributed by atoms with E-state index in [1.54, 1.807) is 0 Å². The zero-order chi connectivity index (χ0) is 43.6. The highest BCUT2D eigenvalue weighted by atomic mass is 31.2. The van der Waals surface area contributed by atoms with Crippen molar-refractivity contribution in [2.45, 2.75) is 236 Å². The lowest BCUT2D eigenvalue weighted by Crippen LogP contribution is -2.64. The van der Waals surface area contributed by atoms with Gasteiger partial charge in [0, 0.05) is 12.8 Å². The average molecular weight is 862 g/mol. The Bertz CT molecular complexity index is 1130. The summed E-state index contributed by atoms with van der Waals surface area (Å²) in [5.41, 5.74) is 0. The van der Waals surface area contributed by atoms with Gasteiger partial charge >= 0.3 is 11.9 Å². The van der Waals surface area contributed by atoms with Crippen molar-refractivity contribution in [1.82, 2.24) is 0 Å². The second kappa shape index (κ2) is 35.9. The van der Waals surface area contributed by atoms with Crippen molar-refractivity contribution in [3.8, 4) is 0 Å². The normalized spacial score (nSPS) is 22.5. The molecule has 0 radical (unpaired) electrons. The molecule has 0 aromatic carbocycles. The van der Waals surface area contributed by atoms with Crippen LogP contribution in [0.4, 0.5) is 0 Å². The molecule has 6 unspecified atom stereocenters. The number of carbonyl (C=O) groups is 2. The summed E-state index contributed by atoms with van der Waals surface area (Å²) in [5.74, 6) is -1.15. The Morgan fingerprint density at radius 1 is 0.525 bits per heavy atom. The van der Waals surface area contributed by atoms with Gasteiger partial charge in [0.2, 0.25) is 0 Å². The molecule has 0 saturated heterocycles. The molecule has 1 saturated carbocycles. The lowest BCUT2D eigenvalue weighted by atomic mass is 9.85. The number of hydrogen-bond acceptors (Lipinski definition) is 13. The van der Waals surface area contributed by atoms with Gasteiger partial charge in [0.15, 0.2) is 6.10 Å². The van der Waals surface area contributed by atoms with Crippen LogP contribution >= 0.6 is 7.82 Å². The van der Waals surface area contributed by atoms with E-state index in [-0.39, 0.29) is 12.8 Å². The van der Waals surface area contributed by atoms with Crippen LogP contribution in [0.1, 0.15) is 194 Å². The summed E-state index contributed by atoms with van der Waals surface area (Å²) in [5, 5.41) is 50.0. The number of rotatable bonds is 38. The number of hydrogen-bond donors (Lipinski definition) is 5. The fourth-order valence-corrected chi connectivity index (χ4v) is 7.93. The molecule has 0 aliphatic heterocycles. The number of unbranched alkanes of at least 4 members (excludes halogenated alkanes) is 22. The minimum absolute atomic E-state index is 0.0711. The third-order valence-electron chi connectivity index (χ3n) is 10.8. The largest absolute Gasteiger partial charge is 0.756 e. The number of carbonyl (C=O) groups excluding carboxylic acids is 2. The second-order valence-electron chi connectivity index (χ2n) is 16.2. The molecule has 346 valence electrons. The van der Waals surface area contributed by atoms with Crippen LogP contribution in [0.15, 0.2) is 24.3 Å². The number of phosphoric ester groups is 1. The zero-order valence-corrected chi connectivity index (χ0v) is 37.4. The predicted molar refractivity (Wildman–Crippen MR) is 228 cm³/mol. The first-order valence-electron chi connectivity index (χ1n) is 23.1. The second-order valence-corrected chi connectivity index (χ2v) is 17.6. The standard InChI is InChI=1S/C45H83O13P/c1-3-5-7-9-11-13-15-17-19-21-23-25-27-29-31-33-38(46)55-35-37(36-56-59(53,54)58-45-43(51)41(49)40(48)42(50)44(45)52)57-39(47)34-32-30-28-26-24-22-20-18-16-14-12-10-8-6-4-2/h17-20,37,40-45,48-52H,3-16,21-36H2,1-2H3,(H,53,54)/p-1/b19-17+,20-18+. The van der Waals surface area contributed by atoms with Crippen LogP contribution < -0.4 is 4.89 Å². The fourth-order valence-electron chi connectivity index (χ4n) is 6.97. The van der Waals surface area contributed by atoms with Gasteiger partial charge in [-0.05, 0) is 64.2 Å². The summed E-state index contributed by atoms with van der Waals surface area (Å²) in [6, 6.07) is 0. The summed E-state index contributed by atoms with van der Waals surface area (Å²) in [6.07, 6.45) is 24.7. The highest BCUT2D eigenvalue weighted by Gasteiger charge is 2.50. The van der Waals surface area contributed by atoms with Crippen molar-refractivity contribution in [2.75, 3.05) is 13.2 Å². The summed E-state index contributed by atoms with van der Waals surface area (Å²) >= 11 is 0. The third-order valence-corrected chi connectivity index (χ3v) is 11.7. The Balaban J connectivity index is 2.47. The summed E-state index contributed by atoms with van der Waals surface area (Å²) in [6.45, 7) is 3.18. The van der Waals surface area contributed by atoms with E-state index in [9.17, 15) is 44.6 Å². The molecular formula is C45H82O13P-. The van der Waals surface area contributed by atoms with Crippen LogP contribution in [0, 0.1) is 0 Å². The molecule has 0 aromatic rings. The van der Waals surface area contributed by atoms with Crippen LogP contribution in [0.3, 0.4) is 0 Å². The van der Waals surface area contributed by atoms with E-state index in [1.165, 1.54) is 77.0 Å². The maximum absolute atomic E-state index is 12.7. The number of allylic oxidation sites excluding steroid dienone is 4. The van der Waals surface area contributed by atoms with Gasteiger partial charge in [0.1, 0.15) is 43.2 Å². The molecule has 0 amide bonds. The molecule has 0 heterocycles. The first-order chi connectivity index (χ1) is 28.4. The minimum Gasteiger partial charge on any atom is -0.756 e. The van der Waals surface area contributed by atoms with E-state index >= 15 is 0 Å². The Hall–Kier alpha value is -1.67. The molecule has 0 spiro atoms. The van der Waals surface area contributed by atoms with E-state index in [2.05, 4.69) is 38.2 Å². The van der Waals surface area contributed by atoms with Gasteiger partial charge < -0.3 is 48.9 Å². The molecule has 6 atom stereocenters. The minimum atomic E-state index is -5.37. The van der Waals surface area contributed by atoms with Gasteiger partial charge in [-0.1, -0.05) is 141 Å². The summed E-state index contributed by atoms with van der Waals surface area (Å²) in [4.78, 5) is 38.0. The molecule has 1 aliphatic carbocycles. The highest BCUT2D eigenvalue weighted by molar-refractivity contribution is 7.45. The van der Waals surface area contributed by atoms with Crippen LogP contribution in [0.25, 0.3) is 0 Å². The topological polar surface area (TPSA) is 212 Å². The molecule has 5 N–H and O–H groups in total. The van der Waals surface area contributed by atoms with Crippen molar-refractivity contribution in [3.05, 3.63) is 24.3 Å². The number of aliphatic hydroxyl groups is 5. The van der Waals surface area contributed by atoms with Crippen LogP contribution in [-0.2, 0) is 32.7 Å².